The third kappa shape index (κ3) is 6.95. The van der Waals surface area contributed by atoms with Crippen molar-refractivity contribution in [1.82, 2.24) is 15.5 Å². The van der Waals surface area contributed by atoms with Crippen molar-refractivity contribution in [1.29, 1.82) is 0 Å². The number of hydrogen-bond donors (Lipinski definition) is 2. The van der Waals surface area contributed by atoms with Gasteiger partial charge in [-0.3, -0.25) is 4.99 Å². The molecule has 0 radical (unpaired) electrons. The van der Waals surface area contributed by atoms with Gasteiger partial charge in [0.05, 0.1) is 6.04 Å². The summed E-state index contributed by atoms with van der Waals surface area (Å²) in [4.78, 5) is 6.56. The molecule has 1 atom stereocenters. The van der Waals surface area contributed by atoms with Gasteiger partial charge in [-0.05, 0) is 54.0 Å². The van der Waals surface area contributed by atoms with Gasteiger partial charge in [0.1, 0.15) is 0 Å². The van der Waals surface area contributed by atoms with Crippen LogP contribution >= 0.6 is 35.3 Å². The van der Waals surface area contributed by atoms with Gasteiger partial charge in [-0.2, -0.15) is 11.3 Å². The van der Waals surface area contributed by atoms with E-state index in [4.69, 9.17) is 0 Å². The Hall–Kier alpha value is -1.12. The zero-order valence-corrected chi connectivity index (χ0v) is 18.6. The normalized spacial score (nSPS) is 12.6. The molecule has 1 unspecified atom stereocenters. The summed E-state index contributed by atoms with van der Waals surface area (Å²) < 4.78 is 0. The maximum absolute atomic E-state index is 4.32. The Morgan fingerprint density at radius 2 is 1.84 bits per heavy atom. The van der Waals surface area contributed by atoms with E-state index in [1.54, 1.807) is 11.3 Å². The molecule has 2 aromatic rings. The zero-order valence-electron chi connectivity index (χ0n) is 15.5. The molecular formula is C19H29IN4S. The second-order valence-corrected chi connectivity index (χ2v) is 6.79. The second kappa shape index (κ2) is 11.5. The van der Waals surface area contributed by atoms with Gasteiger partial charge in [0.15, 0.2) is 5.96 Å². The molecule has 25 heavy (non-hydrogen) atoms. The molecule has 0 spiro atoms. The Labute approximate surface area is 172 Å². The van der Waals surface area contributed by atoms with Crippen LogP contribution in [-0.2, 0) is 13.0 Å². The average Bonchev–Trinajstić information content (AvgIpc) is 3.11. The molecular weight excluding hydrogens is 443 g/mol. The van der Waals surface area contributed by atoms with Crippen LogP contribution in [0.1, 0.15) is 29.7 Å². The van der Waals surface area contributed by atoms with Crippen molar-refractivity contribution in [3.63, 3.8) is 0 Å². The Bertz CT molecular complexity index is 623. The molecule has 0 fully saturated rings. The first-order valence-corrected chi connectivity index (χ1v) is 9.29. The van der Waals surface area contributed by atoms with E-state index in [0.29, 0.717) is 6.04 Å². The fourth-order valence-corrected chi connectivity index (χ4v) is 3.24. The van der Waals surface area contributed by atoms with E-state index in [0.717, 1.165) is 25.5 Å². The lowest BCUT2D eigenvalue weighted by Crippen LogP contribution is -2.41. The number of rotatable bonds is 7. The summed E-state index contributed by atoms with van der Waals surface area (Å²) in [6.07, 6.45) is 1.07. The molecule has 0 saturated carbocycles. The van der Waals surface area contributed by atoms with Crippen molar-refractivity contribution >= 4 is 41.3 Å². The van der Waals surface area contributed by atoms with Crippen molar-refractivity contribution < 1.29 is 0 Å². The average molecular weight is 472 g/mol. The SMILES string of the molecule is CCc1ccc(C(CNC(=NC)NCc2ccsc2)N(C)C)cc1.I. The molecule has 1 aromatic carbocycles. The van der Waals surface area contributed by atoms with Crippen LogP contribution in [0.4, 0.5) is 0 Å². The molecule has 6 heteroatoms. The maximum atomic E-state index is 4.32. The number of likely N-dealkylation sites (N-methyl/N-ethyl adjacent to an activating group) is 1. The van der Waals surface area contributed by atoms with Gasteiger partial charge in [0.2, 0.25) is 0 Å². The van der Waals surface area contributed by atoms with Gasteiger partial charge in [0.25, 0.3) is 0 Å². The molecule has 2 rings (SSSR count). The lowest BCUT2D eigenvalue weighted by molar-refractivity contribution is 0.298. The standard InChI is InChI=1S/C19H28N4S.HI/c1-5-15-6-8-17(9-7-15)18(23(3)4)13-22-19(20-2)21-12-16-10-11-24-14-16;/h6-11,14,18H,5,12-13H2,1-4H3,(H2,20,21,22);1H. The van der Waals surface area contributed by atoms with Gasteiger partial charge in [-0.1, -0.05) is 31.2 Å². The molecule has 2 N–H and O–H groups in total. The Morgan fingerprint density at radius 3 is 2.36 bits per heavy atom. The summed E-state index contributed by atoms with van der Waals surface area (Å²) in [5.41, 5.74) is 3.97. The van der Waals surface area contributed by atoms with Crippen molar-refractivity contribution in [3.8, 4) is 0 Å². The minimum Gasteiger partial charge on any atom is -0.354 e. The van der Waals surface area contributed by atoms with E-state index in [9.17, 15) is 0 Å². The fraction of sp³-hybridized carbons (Fsp3) is 0.421. The van der Waals surface area contributed by atoms with Crippen LogP contribution in [-0.4, -0.2) is 38.5 Å². The predicted octanol–water partition coefficient (Wildman–Crippen LogP) is 3.90. The third-order valence-corrected chi connectivity index (χ3v) is 4.85. The highest BCUT2D eigenvalue weighted by Crippen LogP contribution is 2.18. The fourth-order valence-electron chi connectivity index (χ4n) is 2.57. The molecule has 0 saturated heterocycles. The first-order valence-electron chi connectivity index (χ1n) is 8.35. The lowest BCUT2D eigenvalue weighted by Gasteiger charge is -2.26. The Balaban J connectivity index is 0.00000312. The number of nitrogens with one attached hydrogen (secondary N) is 2. The van der Waals surface area contributed by atoms with Gasteiger partial charge < -0.3 is 15.5 Å². The minimum atomic E-state index is 0. The molecule has 0 aliphatic rings. The minimum absolute atomic E-state index is 0. The van der Waals surface area contributed by atoms with E-state index < -0.39 is 0 Å². The topological polar surface area (TPSA) is 39.7 Å². The Morgan fingerprint density at radius 1 is 1.12 bits per heavy atom. The largest absolute Gasteiger partial charge is 0.354 e. The van der Waals surface area contributed by atoms with Gasteiger partial charge in [0, 0.05) is 20.1 Å². The number of aryl methyl sites for hydroxylation is 1. The quantitative estimate of drug-likeness (QED) is 0.365. The molecule has 1 heterocycles. The zero-order chi connectivity index (χ0) is 17.4. The molecule has 0 aliphatic heterocycles. The molecule has 0 bridgehead atoms. The van der Waals surface area contributed by atoms with Crippen LogP contribution in [0.15, 0.2) is 46.1 Å². The van der Waals surface area contributed by atoms with E-state index >= 15 is 0 Å². The number of halogens is 1. The molecule has 4 nitrogen and oxygen atoms in total. The highest BCUT2D eigenvalue weighted by atomic mass is 127. The predicted molar refractivity (Wildman–Crippen MR) is 120 cm³/mol. The summed E-state index contributed by atoms with van der Waals surface area (Å²) in [5.74, 6) is 0.832. The van der Waals surface area contributed by atoms with E-state index in [2.05, 4.69) is 82.6 Å². The van der Waals surface area contributed by atoms with Crippen LogP contribution < -0.4 is 10.6 Å². The van der Waals surface area contributed by atoms with E-state index in [1.807, 2.05) is 7.05 Å². The van der Waals surface area contributed by atoms with Crippen LogP contribution in [0.25, 0.3) is 0 Å². The van der Waals surface area contributed by atoms with Gasteiger partial charge in [-0.15, -0.1) is 24.0 Å². The number of hydrogen-bond acceptors (Lipinski definition) is 3. The first-order chi connectivity index (χ1) is 11.6. The summed E-state index contributed by atoms with van der Waals surface area (Å²) in [5, 5.41) is 11.0. The molecule has 138 valence electrons. The molecule has 0 aliphatic carbocycles. The Kier molecular flexibility index (Phi) is 10.1. The second-order valence-electron chi connectivity index (χ2n) is 6.01. The molecule has 0 amide bonds. The van der Waals surface area contributed by atoms with Crippen LogP contribution in [0.5, 0.6) is 0 Å². The summed E-state index contributed by atoms with van der Waals surface area (Å²) in [7, 11) is 6.03. The maximum Gasteiger partial charge on any atom is 0.191 e. The number of benzene rings is 1. The number of aliphatic imine (C=N–C) groups is 1. The van der Waals surface area contributed by atoms with Crippen LogP contribution in [0, 0.1) is 0 Å². The summed E-state index contributed by atoms with van der Waals surface area (Å²) >= 11 is 1.71. The lowest BCUT2D eigenvalue weighted by atomic mass is 10.0. The van der Waals surface area contributed by atoms with Crippen molar-refractivity contribution in [2.45, 2.75) is 25.9 Å². The highest BCUT2D eigenvalue weighted by molar-refractivity contribution is 14.0. The first kappa shape index (κ1) is 21.9. The summed E-state index contributed by atoms with van der Waals surface area (Å²) in [6.45, 7) is 3.78. The van der Waals surface area contributed by atoms with E-state index in [1.165, 1.54) is 16.7 Å². The van der Waals surface area contributed by atoms with Crippen LogP contribution in [0.3, 0.4) is 0 Å². The smallest absolute Gasteiger partial charge is 0.191 e. The summed E-state index contributed by atoms with van der Waals surface area (Å²) in [6, 6.07) is 11.3. The third-order valence-electron chi connectivity index (χ3n) is 4.12. The highest BCUT2D eigenvalue weighted by Gasteiger charge is 2.14. The van der Waals surface area contributed by atoms with E-state index in [-0.39, 0.29) is 24.0 Å². The number of thiophene rings is 1. The monoisotopic (exact) mass is 472 g/mol. The van der Waals surface area contributed by atoms with Crippen molar-refractivity contribution in [3.05, 3.63) is 57.8 Å². The van der Waals surface area contributed by atoms with Crippen molar-refractivity contribution in [2.24, 2.45) is 4.99 Å². The number of nitrogens with zero attached hydrogens (tertiary/aromatic N) is 2. The number of guanidine groups is 1. The van der Waals surface area contributed by atoms with Crippen LogP contribution in [0.2, 0.25) is 0 Å². The van der Waals surface area contributed by atoms with Gasteiger partial charge in [-0.25, -0.2) is 0 Å². The molecule has 1 aromatic heterocycles. The van der Waals surface area contributed by atoms with Crippen molar-refractivity contribution in [2.75, 3.05) is 27.7 Å². The van der Waals surface area contributed by atoms with Gasteiger partial charge >= 0.3 is 0 Å².